The summed E-state index contributed by atoms with van der Waals surface area (Å²) in [5.74, 6) is 1.88. The van der Waals surface area contributed by atoms with Crippen LogP contribution in [-0.2, 0) is 6.54 Å². The predicted octanol–water partition coefficient (Wildman–Crippen LogP) is 3.46. The van der Waals surface area contributed by atoms with Gasteiger partial charge < -0.3 is 21.3 Å². The highest BCUT2D eigenvalue weighted by atomic mass is 15.3. The number of rotatable bonds is 4. The molecule has 0 bridgehead atoms. The lowest BCUT2D eigenvalue weighted by atomic mass is 10.0. The summed E-state index contributed by atoms with van der Waals surface area (Å²) in [6.45, 7) is 1.30. The molecule has 29 heavy (non-hydrogen) atoms. The Morgan fingerprint density at radius 2 is 1.48 bits per heavy atom. The van der Waals surface area contributed by atoms with Crippen molar-refractivity contribution in [3.05, 3.63) is 108 Å². The first-order chi connectivity index (χ1) is 14.4. The minimum absolute atomic E-state index is 0.0131. The number of aliphatic imine (C=N–C) groups is 1. The van der Waals surface area contributed by atoms with E-state index in [4.69, 9.17) is 0 Å². The Kier molecular flexibility index (Phi) is 4.62. The van der Waals surface area contributed by atoms with Crippen LogP contribution in [0.1, 0.15) is 17.3 Å². The zero-order chi connectivity index (χ0) is 19.5. The molecule has 1 unspecified atom stereocenters. The fourth-order valence-corrected chi connectivity index (χ4v) is 3.66. The van der Waals surface area contributed by atoms with E-state index in [1.165, 1.54) is 22.3 Å². The number of nitrogens with one attached hydrogen (secondary N) is 4. The summed E-state index contributed by atoms with van der Waals surface area (Å²) in [5, 5.41) is 13.9. The number of benzene rings is 3. The molecule has 5 nitrogen and oxygen atoms in total. The van der Waals surface area contributed by atoms with Crippen LogP contribution >= 0.6 is 0 Å². The van der Waals surface area contributed by atoms with Crippen LogP contribution in [0.3, 0.4) is 0 Å². The van der Waals surface area contributed by atoms with Crippen molar-refractivity contribution in [2.45, 2.75) is 12.7 Å². The average molecular weight is 381 g/mol. The lowest BCUT2D eigenvalue weighted by Crippen LogP contribution is -2.36. The van der Waals surface area contributed by atoms with Crippen molar-refractivity contribution in [2.24, 2.45) is 4.99 Å². The van der Waals surface area contributed by atoms with Gasteiger partial charge in [-0.3, -0.25) is 0 Å². The molecular formula is C24H23N5. The highest BCUT2D eigenvalue weighted by Gasteiger charge is 2.28. The molecule has 0 aromatic heterocycles. The first-order valence-electron chi connectivity index (χ1n) is 9.86. The average Bonchev–Trinajstić information content (AvgIpc) is 3.24. The van der Waals surface area contributed by atoms with E-state index < -0.39 is 0 Å². The van der Waals surface area contributed by atoms with Crippen LogP contribution in [-0.4, -0.2) is 12.5 Å². The van der Waals surface area contributed by atoms with E-state index >= 15 is 0 Å². The van der Waals surface area contributed by atoms with E-state index in [-0.39, 0.29) is 6.17 Å². The van der Waals surface area contributed by atoms with Gasteiger partial charge in [-0.2, -0.15) is 0 Å². The van der Waals surface area contributed by atoms with Gasteiger partial charge in [-0.15, -0.1) is 0 Å². The molecule has 0 aliphatic carbocycles. The maximum absolute atomic E-state index is 4.60. The van der Waals surface area contributed by atoms with E-state index in [9.17, 15) is 0 Å². The van der Waals surface area contributed by atoms with Crippen LogP contribution in [0, 0.1) is 0 Å². The van der Waals surface area contributed by atoms with Crippen molar-refractivity contribution in [3.8, 4) is 11.1 Å². The van der Waals surface area contributed by atoms with Crippen LogP contribution < -0.4 is 21.3 Å². The Bertz CT molecular complexity index is 1040. The van der Waals surface area contributed by atoms with Crippen molar-refractivity contribution in [1.29, 1.82) is 0 Å². The summed E-state index contributed by atoms with van der Waals surface area (Å²) in [4.78, 5) is 4.60. The third-order valence-electron chi connectivity index (χ3n) is 5.21. The second-order valence-corrected chi connectivity index (χ2v) is 7.14. The van der Waals surface area contributed by atoms with Gasteiger partial charge in [0.1, 0.15) is 24.4 Å². The summed E-state index contributed by atoms with van der Waals surface area (Å²) >= 11 is 0. The second-order valence-electron chi connectivity index (χ2n) is 7.14. The minimum atomic E-state index is 0.0131. The Balaban J connectivity index is 1.28. The fraction of sp³-hybridized carbons (Fsp3) is 0.125. The van der Waals surface area contributed by atoms with Crippen molar-refractivity contribution >= 4 is 5.84 Å². The van der Waals surface area contributed by atoms with Crippen LogP contribution in [0.5, 0.6) is 0 Å². The van der Waals surface area contributed by atoms with E-state index in [2.05, 4.69) is 99.1 Å². The Labute approximate surface area is 170 Å². The van der Waals surface area contributed by atoms with Gasteiger partial charge in [-0.25, -0.2) is 4.99 Å². The normalized spacial score (nSPS) is 17.5. The molecule has 3 aromatic rings. The third-order valence-corrected chi connectivity index (χ3v) is 5.21. The Morgan fingerprint density at radius 1 is 0.793 bits per heavy atom. The van der Waals surface area contributed by atoms with Crippen molar-refractivity contribution in [1.82, 2.24) is 21.3 Å². The van der Waals surface area contributed by atoms with Gasteiger partial charge in [-0.1, -0.05) is 84.9 Å². The quantitative estimate of drug-likeness (QED) is 0.559. The lowest BCUT2D eigenvalue weighted by Gasteiger charge is -2.17. The van der Waals surface area contributed by atoms with Crippen molar-refractivity contribution in [2.75, 3.05) is 6.67 Å². The number of hydrogen-bond acceptors (Lipinski definition) is 5. The largest absolute Gasteiger partial charge is 0.364 e. The molecule has 144 valence electrons. The number of hydrogen-bond donors (Lipinski definition) is 4. The molecule has 0 amide bonds. The van der Waals surface area contributed by atoms with Gasteiger partial charge >= 0.3 is 0 Å². The molecule has 2 aliphatic heterocycles. The topological polar surface area (TPSA) is 60.5 Å². The van der Waals surface area contributed by atoms with E-state index in [1.54, 1.807) is 0 Å². The van der Waals surface area contributed by atoms with Crippen LogP contribution in [0.2, 0.25) is 0 Å². The molecule has 4 N–H and O–H groups in total. The van der Waals surface area contributed by atoms with Crippen LogP contribution in [0.25, 0.3) is 11.1 Å². The molecule has 0 saturated heterocycles. The lowest BCUT2D eigenvalue weighted by molar-refractivity contribution is 0.574. The molecule has 0 saturated carbocycles. The summed E-state index contributed by atoms with van der Waals surface area (Å²) in [6.07, 6.45) is 0.0131. The molecule has 1 atom stereocenters. The minimum Gasteiger partial charge on any atom is -0.364 e. The molecule has 3 aromatic carbocycles. The van der Waals surface area contributed by atoms with Gasteiger partial charge in [0.05, 0.1) is 0 Å². The van der Waals surface area contributed by atoms with Gasteiger partial charge in [0, 0.05) is 6.54 Å². The highest BCUT2D eigenvalue weighted by Crippen LogP contribution is 2.25. The van der Waals surface area contributed by atoms with Crippen molar-refractivity contribution < 1.29 is 0 Å². The molecular weight excluding hydrogens is 358 g/mol. The highest BCUT2D eigenvalue weighted by molar-refractivity contribution is 5.99. The van der Waals surface area contributed by atoms with Gasteiger partial charge in [0.25, 0.3) is 0 Å². The SMILES string of the molecule is c1ccc(CNC2=NCNC3=C2NC(c2ccc(-c4ccccc4)cc2)N3)cc1. The van der Waals surface area contributed by atoms with Gasteiger partial charge in [0.2, 0.25) is 0 Å². The van der Waals surface area contributed by atoms with Gasteiger partial charge in [0.15, 0.2) is 5.84 Å². The van der Waals surface area contributed by atoms with E-state index in [0.717, 1.165) is 23.9 Å². The molecule has 2 aliphatic rings. The Hall–Kier alpha value is -3.73. The molecule has 5 rings (SSSR count). The number of amidine groups is 1. The zero-order valence-electron chi connectivity index (χ0n) is 16.0. The second kappa shape index (κ2) is 7.72. The third kappa shape index (κ3) is 3.67. The first-order valence-corrected chi connectivity index (χ1v) is 9.86. The smallest absolute Gasteiger partial charge is 0.150 e. The zero-order valence-corrected chi connectivity index (χ0v) is 16.0. The summed E-state index contributed by atoms with van der Waals surface area (Å²) in [6, 6.07) is 29.5. The summed E-state index contributed by atoms with van der Waals surface area (Å²) in [5.41, 5.74) is 5.85. The van der Waals surface area contributed by atoms with Crippen LogP contribution in [0.15, 0.2) is 101 Å². The molecule has 0 radical (unpaired) electrons. The molecule has 5 heteroatoms. The monoisotopic (exact) mass is 381 g/mol. The molecule has 0 fully saturated rings. The molecule has 0 spiro atoms. The van der Waals surface area contributed by atoms with E-state index in [0.29, 0.717) is 6.67 Å². The van der Waals surface area contributed by atoms with Gasteiger partial charge in [-0.05, 0) is 22.3 Å². The number of nitrogens with zero attached hydrogens (tertiary/aromatic N) is 1. The summed E-state index contributed by atoms with van der Waals surface area (Å²) < 4.78 is 0. The van der Waals surface area contributed by atoms with Crippen molar-refractivity contribution in [3.63, 3.8) is 0 Å². The first kappa shape index (κ1) is 17.4. The fourth-order valence-electron chi connectivity index (χ4n) is 3.66. The molecule has 2 heterocycles. The Morgan fingerprint density at radius 3 is 2.24 bits per heavy atom. The van der Waals surface area contributed by atoms with Crippen LogP contribution in [0.4, 0.5) is 0 Å². The maximum Gasteiger partial charge on any atom is 0.150 e. The maximum atomic E-state index is 4.60. The summed E-state index contributed by atoms with van der Waals surface area (Å²) in [7, 11) is 0. The predicted molar refractivity (Wildman–Crippen MR) is 117 cm³/mol. The standard InChI is InChI=1S/C24H23N5/c1-3-7-17(8-4-1)15-25-23-21-24(27-16-26-23)29-22(28-21)20-13-11-19(12-14-20)18-9-5-2-6-10-18/h1-14,22,27-29H,15-16H2,(H,25,26). The van der Waals surface area contributed by atoms with E-state index in [1.807, 2.05) is 12.1 Å².